The third-order valence-corrected chi connectivity index (χ3v) is 1.86. The number of hydrogen-bond acceptors (Lipinski definition) is 2. The number of aromatic nitrogens is 1. The van der Waals surface area contributed by atoms with Crippen molar-refractivity contribution < 1.29 is 18.0 Å². The van der Waals surface area contributed by atoms with Crippen LogP contribution in [0.5, 0.6) is 0 Å². The van der Waals surface area contributed by atoms with Gasteiger partial charge in [0.25, 0.3) is 5.78 Å². The highest BCUT2D eigenvalue weighted by Gasteiger charge is 2.40. The van der Waals surface area contributed by atoms with Crippen LogP contribution in [0.3, 0.4) is 0 Å². The molecule has 0 aliphatic carbocycles. The molecule has 0 bridgehead atoms. The Morgan fingerprint density at radius 3 is 2.69 bits per heavy atom. The summed E-state index contributed by atoms with van der Waals surface area (Å²) in [5, 5.41) is 8.65. The first kappa shape index (κ1) is 12.0. The van der Waals surface area contributed by atoms with Crippen molar-refractivity contribution in [3.05, 3.63) is 36.2 Å². The highest BCUT2D eigenvalue weighted by molar-refractivity contribution is 6.00. The summed E-state index contributed by atoms with van der Waals surface area (Å²) in [4.78, 5) is 10.9. The molecule has 16 heavy (non-hydrogen) atoms. The van der Waals surface area contributed by atoms with Crippen molar-refractivity contribution in [2.24, 2.45) is 0 Å². The average molecular weight is 228 g/mol. The number of carbonyl (C=O) groups excluding carboxylic acids is 1. The molecule has 84 valence electrons. The number of alkyl halides is 3. The Morgan fingerprint density at radius 1 is 1.62 bits per heavy atom. The molecule has 0 aliphatic heterocycles. The van der Waals surface area contributed by atoms with Gasteiger partial charge in [0.15, 0.2) is 0 Å². The summed E-state index contributed by atoms with van der Waals surface area (Å²) in [7, 11) is 0. The second kappa shape index (κ2) is 4.23. The molecule has 0 N–H and O–H groups in total. The van der Waals surface area contributed by atoms with Gasteiger partial charge in [0.1, 0.15) is 11.8 Å². The van der Waals surface area contributed by atoms with Crippen LogP contribution < -0.4 is 0 Å². The van der Waals surface area contributed by atoms with Crippen LogP contribution in [0.15, 0.2) is 24.9 Å². The third kappa shape index (κ3) is 2.31. The molecule has 1 rings (SSSR count). The predicted molar refractivity (Wildman–Crippen MR) is 49.7 cm³/mol. The van der Waals surface area contributed by atoms with Crippen molar-refractivity contribution in [2.45, 2.75) is 12.7 Å². The van der Waals surface area contributed by atoms with Gasteiger partial charge in [-0.05, 0) is 6.07 Å². The van der Waals surface area contributed by atoms with Gasteiger partial charge < -0.3 is 4.57 Å². The molecule has 0 aliphatic rings. The summed E-state index contributed by atoms with van der Waals surface area (Å²) >= 11 is 0. The van der Waals surface area contributed by atoms with Gasteiger partial charge in [-0.25, -0.2) is 0 Å². The van der Waals surface area contributed by atoms with Crippen molar-refractivity contribution in [2.75, 3.05) is 0 Å². The Labute approximate surface area is 89.4 Å². The number of hydrogen-bond donors (Lipinski definition) is 0. The highest BCUT2D eigenvalue weighted by atomic mass is 19.4. The molecular formula is C10H7F3N2O. The van der Waals surface area contributed by atoms with Crippen molar-refractivity contribution >= 4 is 5.78 Å². The molecular weight excluding hydrogens is 221 g/mol. The fourth-order valence-electron chi connectivity index (χ4n) is 1.18. The standard InChI is InChI=1S/C10H7F3N2O/c1-2-3-15-6-7(4-8(15)5-14)9(16)10(11,12)13/h2,4,6H,1,3H2. The number of Topliss-reactive ketones (excluding diaryl/α,β-unsaturated/α-hetero) is 1. The van der Waals surface area contributed by atoms with Gasteiger partial charge in [0, 0.05) is 18.3 Å². The minimum atomic E-state index is -4.92. The Bertz CT molecular complexity index is 465. The first-order valence-corrected chi connectivity index (χ1v) is 4.23. The second-order valence-electron chi connectivity index (χ2n) is 2.99. The van der Waals surface area contributed by atoms with Gasteiger partial charge in [-0.3, -0.25) is 4.79 Å². The summed E-state index contributed by atoms with van der Waals surface area (Å²) in [5.74, 6) is -1.95. The molecule has 0 fully saturated rings. The second-order valence-corrected chi connectivity index (χ2v) is 2.99. The lowest BCUT2D eigenvalue weighted by Gasteiger charge is -2.01. The van der Waals surface area contributed by atoms with E-state index in [9.17, 15) is 18.0 Å². The van der Waals surface area contributed by atoms with Crippen LogP contribution in [0.1, 0.15) is 16.1 Å². The van der Waals surface area contributed by atoms with E-state index in [-0.39, 0.29) is 12.2 Å². The number of carbonyl (C=O) groups is 1. The van der Waals surface area contributed by atoms with Crippen LogP contribution in [0.25, 0.3) is 0 Å². The molecule has 1 heterocycles. The predicted octanol–water partition coefficient (Wildman–Crippen LogP) is 2.29. The molecule has 0 saturated heterocycles. The highest BCUT2D eigenvalue weighted by Crippen LogP contribution is 2.22. The topological polar surface area (TPSA) is 45.8 Å². The summed E-state index contributed by atoms with van der Waals surface area (Å²) in [6.07, 6.45) is -2.51. The van der Waals surface area contributed by atoms with Crippen LogP contribution in [-0.4, -0.2) is 16.5 Å². The molecule has 3 nitrogen and oxygen atoms in total. The van der Waals surface area contributed by atoms with E-state index >= 15 is 0 Å². The Kier molecular flexibility index (Phi) is 3.18. The van der Waals surface area contributed by atoms with Gasteiger partial charge in [0.2, 0.25) is 0 Å². The molecule has 0 saturated carbocycles. The van der Waals surface area contributed by atoms with Crippen molar-refractivity contribution in [3.63, 3.8) is 0 Å². The van der Waals surface area contributed by atoms with E-state index < -0.39 is 17.5 Å². The maximum Gasteiger partial charge on any atom is 0.454 e. The quantitative estimate of drug-likeness (QED) is 0.588. The summed E-state index contributed by atoms with van der Waals surface area (Å²) < 4.78 is 37.5. The van der Waals surface area contributed by atoms with Crippen LogP contribution in [0, 0.1) is 11.3 Å². The van der Waals surface area contributed by atoms with Gasteiger partial charge in [-0.1, -0.05) is 6.08 Å². The smallest absolute Gasteiger partial charge is 0.335 e. The lowest BCUT2D eigenvalue weighted by Crippen LogP contribution is -2.22. The van der Waals surface area contributed by atoms with Gasteiger partial charge in [-0.2, -0.15) is 18.4 Å². The van der Waals surface area contributed by atoms with E-state index in [0.29, 0.717) is 0 Å². The SMILES string of the molecule is C=CCn1cc(C(=O)C(F)(F)F)cc1C#N. The van der Waals surface area contributed by atoms with Crippen molar-refractivity contribution in [3.8, 4) is 6.07 Å². The number of rotatable bonds is 3. The summed E-state index contributed by atoms with van der Waals surface area (Å²) in [6.45, 7) is 3.57. The fourth-order valence-corrected chi connectivity index (χ4v) is 1.18. The van der Waals surface area contributed by atoms with Crippen LogP contribution in [0.4, 0.5) is 13.2 Å². The molecule has 0 aromatic carbocycles. The van der Waals surface area contributed by atoms with Crippen molar-refractivity contribution in [1.29, 1.82) is 5.26 Å². The zero-order chi connectivity index (χ0) is 12.3. The molecule has 1 aromatic rings. The normalized spacial score (nSPS) is 10.9. The van der Waals surface area contributed by atoms with Gasteiger partial charge in [0.05, 0.1) is 0 Å². The molecule has 1 aromatic heterocycles. The van der Waals surface area contributed by atoms with Gasteiger partial charge in [-0.15, -0.1) is 6.58 Å². The molecule has 0 spiro atoms. The van der Waals surface area contributed by atoms with E-state index in [1.54, 1.807) is 6.07 Å². The Balaban J connectivity index is 3.14. The minimum absolute atomic E-state index is 0.00694. The zero-order valence-corrected chi connectivity index (χ0v) is 8.08. The summed E-state index contributed by atoms with van der Waals surface area (Å²) in [6, 6.07) is 2.62. The molecule has 0 unspecified atom stereocenters. The first-order chi connectivity index (χ1) is 7.40. The largest absolute Gasteiger partial charge is 0.454 e. The third-order valence-electron chi connectivity index (χ3n) is 1.86. The molecule has 0 amide bonds. The van der Waals surface area contributed by atoms with E-state index in [0.717, 1.165) is 12.3 Å². The fraction of sp³-hybridized carbons (Fsp3) is 0.200. The number of halogens is 3. The van der Waals surface area contributed by atoms with E-state index in [2.05, 4.69) is 6.58 Å². The maximum atomic E-state index is 12.1. The molecule has 0 radical (unpaired) electrons. The summed E-state index contributed by atoms with van der Waals surface area (Å²) in [5.41, 5.74) is -0.543. The van der Waals surface area contributed by atoms with Crippen molar-refractivity contribution in [1.82, 2.24) is 4.57 Å². The average Bonchev–Trinajstić information content (AvgIpc) is 2.59. The molecule has 0 atom stereocenters. The number of ketones is 1. The monoisotopic (exact) mass is 228 g/mol. The van der Waals surface area contributed by atoms with E-state index in [4.69, 9.17) is 5.26 Å². The van der Waals surface area contributed by atoms with Crippen LogP contribution in [0.2, 0.25) is 0 Å². The molecule has 6 heteroatoms. The lowest BCUT2D eigenvalue weighted by molar-refractivity contribution is -0.0885. The van der Waals surface area contributed by atoms with Gasteiger partial charge >= 0.3 is 6.18 Å². The van der Waals surface area contributed by atoms with Crippen LogP contribution in [-0.2, 0) is 6.54 Å². The Hall–Kier alpha value is -2.03. The van der Waals surface area contributed by atoms with Crippen LogP contribution >= 0.6 is 0 Å². The number of allylic oxidation sites excluding steroid dienone is 1. The number of nitriles is 1. The maximum absolute atomic E-state index is 12.1. The van der Waals surface area contributed by atoms with E-state index in [1.165, 1.54) is 10.6 Å². The zero-order valence-electron chi connectivity index (χ0n) is 8.08. The van der Waals surface area contributed by atoms with E-state index in [1.807, 2.05) is 0 Å². The lowest BCUT2D eigenvalue weighted by atomic mass is 10.2. The Morgan fingerprint density at radius 2 is 2.25 bits per heavy atom. The first-order valence-electron chi connectivity index (χ1n) is 4.23. The minimum Gasteiger partial charge on any atom is -0.335 e. The number of nitrogens with zero attached hydrogens (tertiary/aromatic N) is 2.